The number of carboxylic acid groups (broad SMARTS) is 1. The topological polar surface area (TPSA) is 135 Å². The number of hydrogen-bond acceptors (Lipinski definition) is 7. The summed E-state index contributed by atoms with van der Waals surface area (Å²) in [6.07, 6.45) is -0.215. The van der Waals surface area contributed by atoms with Crippen LogP contribution in [0.25, 0.3) is 0 Å². The summed E-state index contributed by atoms with van der Waals surface area (Å²) in [5, 5.41) is 39.1. The van der Waals surface area contributed by atoms with Crippen LogP contribution < -0.4 is 5.32 Å². The van der Waals surface area contributed by atoms with Gasteiger partial charge in [0.25, 0.3) is 0 Å². The number of aliphatic hydroxyl groups excluding tert-OH is 2. The van der Waals surface area contributed by atoms with Crippen LogP contribution in [-0.4, -0.2) is 67.2 Å². The lowest BCUT2D eigenvalue weighted by Gasteiger charge is -2.43. The minimum atomic E-state index is -2.84. The number of likely N-dealkylation sites (tertiary alicyclic amines) is 1. The van der Waals surface area contributed by atoms with Gasteiger partial charge in [0.05, 0.1) is 29.3 Å². The third kappa shape index (κ3) is 5.95. The molecule has 3 aromatic rings. The fourth-order valence-corrected chi connectivity index (χ4v) is 5.37. The van der Waals surface area contributed by atoms with E-state index in [1.165, 1.54) is 6.07 Å². The van der Waals surface area contributed by atoms with Crippen LogP contribution in [0.2, 0.25) is 5.02 Å². The monoisotopic (exact) mass is 581 g/mol. The van der Waals surface area contributed by atoms with Crippen LogP contribution in [-0.2, 0) is 23.4 Å². The maximum absolute atomic E-state index is 15.8. The van der Waals surface area contributed by atoms with E-state index in [1.807, 2.05) is 4.90 Å². The van der Waals surface area contributed by atoms with Gasteiger partial charge in [0.15, 0.2) is 17.3 Å². The Labute approximate surface area is 234 Å². The fraction of sp³-hybridized carbons (Fsp3) is 0.444. The fourth-order valence-electron chi connectivity index (χ4n) is 5.17. The zero-order valence-electron chi connectivity index (χ0n) is 22.0. The van der Waals surface area contributed by atoms with Crippen molar-refractivity contribution in [3.8, 4) is 0 Å². The standard InChI is InChI=1S/C27H31ClF3N5O4/c1-15-8-22(35-34-15)33-21-9-18(27(31,13-37)14-38)24(30)20(32-21)11-26(25(39)40)6-7-36(16(2)10-26)12-17-4-3-5-19(28)23(17)29/h3-5,8-9,16,37-38H,6-7,10-14H2,1-2H3,(H,39,40)(H2,32,33,34,35)/t16-,26-/m1/s1. The third-order valence-corrected chi connectivity index (χ3v) is 7.82. The molecule has 1 fully saturated rings. The van der Waals surface area contributed by atoms with E-state index in [0.717, 1.165) is 6.07 Å². The van der Waals surface area contributed by atoms with Gasteiger partial charge in [-0.05, 0) is 45.4 Å². The molecule has 0 radical (unpaired) electrons. The molecule has 2 aromatic heterocycles. The van der Waals surface area contributed by atoms with Crippen LogP contribution in [0.1, 0.15) is 42.3 Å². The Morgan fingerprint density at radius 2 is 1.98 bits per heavy atom. The first-order valence-corrected chi connectivity index (χ1v) is 13.1. The van der Waals surface area contributed by atoms with Gasteiger partial charge in [-0.3, -0.25) is 14.8 Å². The number of pyridine rings is 1. The Kier molecular flexibility index (Phi) is 8.74. The summed E-state index contributed by atoms with van der Waals surface area (Å²) < 4.78 is 45.6. The Morgan fingerprint density at radius 1 is 1.25 bits per heavy atom. The quantitative estimate of drug-likeness (QED) is 0.240. The highest BCUT2D eigenvalue weighted by atomic mass is 35.5. The smallest absolute Gasteiger partial charge is 0.310 e. The number of anilines is 2. The molecule has 0 amide bonds. The van der Waals surface area contributed by atoms with Crippen LogP contribution in [0.3, 0.4) is 0 Å². The highest BCUT2D eigenvalue weighted by molar-refractivity contribution is 6.30. The molecule has 0 bridgehead atoms. The summed E-state index contributed by atoms with van der Waals surface area (Å²) in [7, 11) is 0. The van der Waals surface area contributed by atoms with Crippen LogP contribution in [0.15, 0.2) is 30.3 Å². The molecule has 1 aliphatic heterocycles. The number of aliphatic carboxylic acids is 1. The van der Waals surface area contributed by atoms with Gasteiger partial charge in [0.2, 0.25) is 0 Å². The SMILES string of the molecule is Cc1cc(Nc2cc(C(F)(CO)CO)c(F)c(C[C@@]3(C(=O)O)CCN(Cc4cccc(Cl)c4F)[C@H](C)C3)n2)n[nH]1. The summed E-state index contributed by atoms with van der Waals surface area (Å²) in [5.74, 6) is -2.60. The summed E-state index contributed by atoms with van der Waals surface area (Å²) in [5.41, 5.74) is -4.21. The largest absolute Gasteiger partial charge is 0.481 e. The molecule has 9 nitrogen and oxygen atoms in total. The van der Waals surface area contributed by atoms with Gasteiger partial charge in [-0.25, -0.2) is 18.2 Å². The van der Waals surface area contributed by atoms with E-state index in [0.29, 0.717) is 17.1 Å². The summed E-state index contributed by atoms with van der Waals surface area (Å²) in [4.78, 5) is 18.8. The highest BCUT2D eigenvalue weighted by Crippen LogP contribution is 2.41. The third-order valence-electron chi connectivity index (χ3n) is 7.52. The second-order valence-corrected chi connectivity index (χ2v) is 10.8. The Hall–Kier alpha value is -3.19. The van der Waals surface area contributed by atoms with E-state index in [-0.39, 0.29) is 54.9 Å². The average molecular weight is 582 g/mol. The maximum Gasteiger partial charge on any atom is 0.310 e. The second kappa shape index (κ2) is 11.7. The van der Waals surface area contributed by atoms with Gasteiger partial charge in [0.1, 0.15) is 11.6 Å². The lowest BCUT2D eigenvalue weighted by molar-refractivity contribution is -0.153. The number of piperidine rings is 1. The van der Waals surface area contributed by atoms with Gasteiger partial charge in [-0.2, -0.15) is 5.10 Å². The Morgan fingerprint density at radius 3 is 2.58 bits per heavy atom. The van der Waals surface area contributed by atoms with E-state index in [9.17, 15) is 24.5 Å². The Balaban J connectivity index is 1.67. The van der Waals surface area contributed by atoms with Gasteiger partial charge in [-0.15, -0.1) is 0 Å². The number of hydrogen-bond donors (Lipinski definition) is 5. The second-order valence-electron chi connectivity index (χ2n) is 10.4. The summed E-state index contributed by atoms with van der Waals surface area (Å²) in [6.45, 7) is 1.61. The van der Waals surface area contributed by atoms with Crippen LogP contribution in [0, 0.1) is 24.0 Å². The van der Waals surface area contributed by atoms with E-state index in [4.69, 9.17) is 11.6 Å². The van der Waals surface area contributed by atoms with Crippen LogP contribution >= 0.6 is 11.6 Å². The number of H-pyrrole nitrogens is 1. The molecule has 0 saturated carbocycles. The number of rotatable bonds is 10. The number of halogens is 4. The van der Waals surface area contributed by atoms with Crippen molar-refractivity contribution in [1.82, 2.24) is 20.1 Å². The summed E-state index contributed by atoms with van der Waals surface area (Å²) in [6, 6.07) is 7.00. The van der Waals surface area contributed by atoms with E-state index in [2.05, 4.69) is 20.5 Å². The minimum absolute atomic E-state index is 0.00686. The number of aromatic amines is 1. The van der Waals surface area contributed by atoms with Crippen LogP contribution in [0.5, 0.6) is 0 Å². The van der Waals surface area contributed by atoms with Gasteiger partial charge >= 0.3 is 5.97 Å². The Bertz CT molecular complexity index is 1390. The van der Waals surface area contributed by atoms with Gasteiger partial charge in [0, 0.05) is 41.9 Å². The van der Waals surface area contributed by atoms with Crippen molar-refractivity contribution in [3.05, 3.63) is 69.5 Å². The van der Waals surface area contributed by atoms with Crippen molar-refractivity contribution in [2.75, 3.05) is 25.1 Å². The first-order chi connectivity index (χ1) is 18.9. The molecule has 0 unspecified atom stereocenters. The zero-order chi connectivity index (χ0) is 29.2. The number of carbonyl (C=O) groups is 1. The van der Waals surface area contributed by atoms with Crippen molar-refractivity contribution in [2.24, 2.45) is 5.41 Å². The van der Waals surface area contributed by atoms with Crippen molar-refractivity contribution >= 4 is 29.2 Å². The first-order valence-electron chi connectivity index (χ1n) is 12.7. The minimum Gasteiger partial charge on any atom is -0.481 e. The molecule has 216 valence electrons. The number of carboxylic acids is 1. The van der Waals surface area contributed by atoms with E-state index >= 15 is 8.78 Å². The maximum atomic E-state index is 15.8. The van der Waals surface area contributed by atoms with Crippen LogP contribution in [0.4, 0.5) is 24.8 Å². The molecule has 13 heteroatoms. The molecular weight excluding hydrogens is 551 g/mol. The van der Waals surface area contributed by atoms with Gasteiger partial charge < -0.3 is 20.6 Å². The number of benzene rings is 1. The molecule has 3 heterocycles. The van der Waals surface area contributed by atoms with E-state index < -0.39 is 47.5 Å². The number of nitrogens with zero attached hydrogens (tertiary/aromatic N) is 3. The van der Waals surface area contributed by atoms with Crippen molar-refractivity contribution in [3.63, 3.8) is 0 Å². The average Bonchev–Trinajstić information content (AvgIpc) is 3.33. The molecule has 1 aromatic carbocycles. The predicted molar refractivity (Wildman–Crippen MR) is 142 cm³/mol. The predicted octanol–water partition coefficient (Wildman–Crippen LogP) is 4.24. The number of aliphatic hydroxyl groups is 2. The highest BCUT2D eigenvalue weighted by Gasteiger charge is 2.46. The normalized spacial score (nSPS) is 20.1. The van der Waals surface area contributed by atoms with Crippen molar-refractivity contribution < 1.29 is 33.3 Å². The van der Waals surface area contributed by atoms with Gasteiger partial charge in [-0.1, -0.05) is 23.7 Å². The van der Waals surface area contributed by atoms with E-state index in [1.54, 1.807) is 32.0 Å². The molecule has 0 aliphatic carbocycles. The molecule has 0 spiro atoms. The number of aryl methyl sites for hydroxylation is 1. The molecule has 1 saturated heterocycles. The number of aromatic nitrogens is 3. The zero-order valence-corrected chi connectivity index (χ0v) is 22.8. The van der Waals surface area contributed by atoms with Crippen molar-refractivity contribution in [1.29, 1.82) is 0 Å². The molecule has 40 heavy (non-hydrogen) atoms. The number of nitrogens with one attached hydrogen (secondary N) is 2. The lowest BCUT2D eigenvalue weighted by atomic mass is 9.72. The van der Waals surface area contributed by atoms with Crippen molar-refractivity contribution in [2.45, 2.75) is 51.4 Å². The molecule has 2 atom stereocenters. The lowest BCUT2D eigenvalue weighted by Crippen LogP contribution is -2.50. The molecule has 5 N–H and O–H groups in total. The number of alkyl halides is 1. The molecular formula is C27H31ClF3N5O4. The molecule has 4 rings (SSSR count). The summed E-state index contributed by atoms with van der Waals surface area (Å²) >= 11 is 5.91. The molecule has 1 aliphatic rings. The first kappa shape index (κ1) is 29.8.